The zero-order valence-electron chi connectivity index (χ0n) is 7.14. The van der Waals surface area contributed by atoms with Crippen molar-refractivity contribution in [3.63, 3.8) is 0 Å². The molecule has 1 rings (SSSR count). The van der Waals surface area contributed by atoms with Gasteiger partial charge in [0.05, 0.1) is 6.54 Å². The van der Waals surface area contributed by atoms with Crippen molar-refractivity contribution in [2.24, 2.45) is 0 Å². The van der Waals surface area contributed by atoms with Gasteiger partial charge in [0.1, 0.15) is 0 Å². The lowest BCUT2D eigenvalue weighted by molar-refractivity contribution is 0.203. The maximum Gasteiger partial charge on any atom is 0.317 e. The standard InChI is InChI=1S/C8H13BrN2O/c1-2-10-8(12)11-5-3-4-7(9)6-11/h4H,2-3,5-6H2,1H3,(H,10,12). The van der Waals surface area contributed by atoms with Gasteiger partial charge < -0.3 is 10.2 Å². The molecule has 1 aliphatic rings. The van der Waals surface area contributed by atoms with E-state index >= 15 is 0 Å². The summed E-state index contributed by atoms with van der Waals surface area (Å²) in [7, 11) is 0. The van der Waals surface area contributed by atoms with Crippen LogP contribution in [0.5, 0.6) is 0 Å². The third-order valence-electron chi connectivity index (χ3n) is 1.72. The molecule has 0 aromatic carbocycles. The van der Waals surface area contributed by atoms with Crippen LogP contribution in [0.15, 0.2) is 10.6 Å². The molecule has 0 spiro atoms. The van der Waals surface area contributed by atoms with Gasteiger partial charge in [-0.2, -0.15) is 0 Å². The van der Waals surface area contributed by atoms with Crippen molar-refractivity contribution < 1.29 is 4.79 Å². The molecule has 0 aliphatic carbocycles. The minimum Gasteiger partial charge on any atom is -0.338 e. The Morgan fingerprint density at radius 3 is 3.17 bits per heavy atom. The first-order chi connectivity index (χ1) is 5.74. The van der Waals surface area contributed by atoms with E-state index in [0.717, 1.165) is 17.4 Å². The molecule has 0 saturated heterocycles. The highest BCUT2D eigenvalue weighted by Gasteiger charge is 2.15. The maximum absolute atomic E-state index is 11.3. The van der Waals surface area contributed by atoms with Gasteiger partial charge in [0.2, 0.25) is 0 Å². The minimum atomic E-state index is 0.0301. The lowest BCUT2D eigenvalue weighted by Gasteiger charge is -2.25. The van der Waals surface area contributed by atoms with Crippen molar-refractivity contribution in [1.82, 2.24) is 10.2 Å². The highest BCUT2D eigenvalue weighted by atomic mass is 79.9. The van der Waals surface area contributed by atoms with Gasteiger partial charge in [0.15, 0.2) is 0 Å². The van der Waals surface area contributed by atoms with Crippen LogP contribution in [0, 0.1) is 0 Å². The number of urea groups is 1. The van der Waals surface area contributed by atoms with Crippen molar-refractivity contribution >= 4 is 22.0 Å². The second kappa shape index (κ2) is 4.50. The van der Waals surface area contributed by atoms with Crippen LogP contribution in [0.2, 0.25) is 0 Å². The first kappa shape index (κ1) is 9.58. The number of carbonyl (C=O) groups is 1. The summed E-state index contributed by atoms with van der Waals surface area (Å²) in [4.78, 5) is 13.1. The summed E-state index contributed by atoms with van der Waals surface area (Å²) in [5, 5.41) is 2.77. The van der Waals surface area contributed by atoms with E-state index in [1.54, 1.807) is 4.90 Å². The number of nitrogens with zero attached hydrogens (tertiary/aromatic N) is 1. The fourth-order valence-corrected chi connectivity index (χ4v) is 1.67. The van der Waals surface area contributed by atoms with Crippen LogP contribution in [0.3, 0.4) is 0 Å². The summed E-state index contributed by atoms with van der Waals surface area (Å²) >= 11 is 3.39. The number of hydrogen-bond donors (Lipinski definition) is 1. The molecule has 1 N–H and O–H groups in total. The van der Waals surface area contributed by atoms with Gasteiger partial charge in [-0.15, -0.1) is 0 Å². The van der Waals surface area contributed by atoms with Crippen molar-refractivity contribution in [3.05, 3.63) is 10.6 Å². The van der Waals surface area contributed by atoms with Gasteiger partial charge in [-0.3, -0.25) is 0 Å². The molecule has 0 atom stereocenters. The molecule has 0 radical (unpaired) electrons. The van der Waals surface area contributed by atoms with E-state index in [9.17, 15) is 4.79 Å². The predicted molar refractivity (Wildman–Crippen MR) is 52.3 cm³/mol. The van der Waals surface area contributed by atoms with Crippen molar-refractivity contribution in [2.45, 2.75) is 13.3 Å². The van der Waals surface area contributed by atoms with Crippen LogP contribution in [0.1, 0.15) is 13.3 Å². The maximum atomic E-state index is 11.3. The van der Waals surface area contributed by atoms with Gasteiger partial charge in [0.25, 0.3) is 0 Å². The zero-order chi connectivity index (χ0) is 8.97. The normalized spacial score (nSPS) is 17.2. The lowest BCUT2D eigenvalue weighted by Crippen LogP contribution is -2.42. The monoisotopic (exact) mass is 232 g/mol. The van der Waals surface area contributed by atoms with Gasteiger partial charge in [-0.1, -0.05) is 22.0 Å². The molecule has 0 aromatic rings. The Morgan fingerprint density at radius 1 is 1.83 bits per heavy atom. The highest BCUT2D eigenvalue weighted by molar-refractivity contribution is 9.11. The fraction of sp³-hybridized carbons (Fsp3) is 0.625. The van der Waals surface area contributed by atoms with Crippen LogP contribution < -0.4 is 5.32 Å². The third-order valence-corrected chi connectivity index (χ3v) is 2.30. The number of rotatable bonds is 1. The Kier molecular flexibility index (Phi) is 3.59. The quantitative estimate of drug-likeness (QED) is 0.734. The zero-order valence-corrected chi connectivity index (χ0v) is 8.73. The Bertz CT molecular complexity index is 203. The van der Waals surface area contributed by atoms with Crippen LogP contribution in [-0.4, -0.2) is 30.6 Å². The number of carbonyl (C=O) groups excluding carboxylic acids is 1. The van der Waals surface area contributed by atoms with Gasteiger partial charge >= 0.3 is 6.03 Å². The first-order valence-electron chi connectivity index (χ1n) is 4.11. The second-order valence-electron chi connectivity index (χ2n) is 2.70. The van der Waals surface area contributed by atoms with E-state index in [-0.39, 0.29) is 6.03 Å². The average molecular weight is 233 g/mol. The summed E-state index contributed by atoms with van der Waals surface area (Å²) in [5.74, 6) is 0. The van der Waals surface area contributed by atoms with Gasteiger partial charge in [-0.25, -0.2) is 4.79 Å². The van der Waals surface area contributed by atoms with Gasteiger partial charge in [0, 0.05) is 17.6 Å². The second-order valence-corrected chi connectivity index (χ2v) is 3.72. The molecule has 1 aliphatic heterocycles. The first-order valence-corrected chi connectivity index (χ1v) is 4.90. The van der Waals surface area contributed by atoms with Crippen molar-refractivity contribution in [2.75, 3.05) is 19.6 Å². The smallest absolute Gasteiger partial charge is 0.317 e. The molecule has 68 valence electrons. The summed E-state index contributed by atoms with van der Waals surface area (Å²) in [5.41, 5.74) is 0. The molecule has 2 amide bonds. The van der Waals surface area contributed by atoms with E-state index in [1.807, 2.05) is 6.92 Å². The summed E-state index contributed by atoms with van der Waals surface area (Å²) in [6.45, 7) is 4.14. The van der Waals surface area contributed by atoms with E-state index in [2.05, 4.69) is 27.3 Å². The molecule has 3 nitrogen and oxygen atoms in total. The van der Waals surface area contributed by atoms with Crippen LogP contribution >= 0.6 is 15.9 Å². The van der Waals surface area contributed by atoms with E-state index in [4.69, 9.17) is 0 Å². The number of hydrogen-bond acceptors (Lipinski definition) is 1. The Hall–Kier alpha value is -0.510. The molecule has 0 unspecified atom stereocenters. The molecular weight excluding hydrogens is 220 g/mol. The molecule has 0 bridgehead atoms. The van der Waals surface area contributed by atoms with Crippen LogP contribution in [-0.2, 0) is 0 Å². The molecular formula is C8H13BrN2O. The number of nitrogens with one attached hydrogen (secondary N) is 1. The van der Waals surface area contributed by atoms with E-state index in [1.165, 1.54) is 0 Å². The molecule has 4 heteroatoms. The lowest BCUT2D eigenvalue weighted by atomic mass is 10.3. The van der Waals surface area contributed by atoms with Gasteiger partial charge in [-0.05, 0) is 13.3 Å². The molecule has 0 fully saturated rings. The SMILES string of the molecule is CCNC(=O)N1CCC=C(Br)C1. The Labute approximate surface area is 80.9 Å². The summed E-state index contributed by atoms with van der Waals surface area (Å²) in [6.07, 6.45) is 3.05. The van der Waals surface area contributed by atoms with E-state index < -0.39 is 0 Å². The van der Waals surface area contributed by atoms with Crippen LogP contribution in [0.25, 0.3) is 0 Å². The highest BCUT2D eigenvalue weighted by Crippen LogP contribution is 2.14. The summed E-state index contributed by atoms with van der Waals surface area (Å²) in [6, 6.07) is 0.0301. The number of amides is 2. The topological polar surface area (TPSA) is 32.3 Å². The molecule has 12 heavy (non-hydrogen) atoms. The van der Waals surface area contributed by atoms with E-state index in [0.29, 0.717) is 13.1 Å². The molecule has 0 saturated carbocycles. The molecule has 1 heterocycles. The van der Waals surface area contributed by atoms with Crippen LogP contribution in [0.4, 0.5) is 4.79 Å². The third kappa shape index (κ3) is 2.52. The average Bonchev–Trinajstić information content (AvgIpc) is 2.05. The van der Waals surface area contributed by atoms with Crippen molar-refractivity contribution in [1.29, 1.82) is 0 Å². The number of halogens is 1. The molecule has 0 aromatic heterocycles. The van der Waals surface area contributed by atoms with Crippen molar-refractivity contribution in [3.8, 4) is 0 Å². The largest absolute Gasteiger partial charge is 0.338 e. The predicted octanol–water partition coefficient (Wildman–Crippen LogP) is 1.70. The summed E-state index contributed by atoms with van der Waals surface area (Å²) < 4.78 is 1.10. The Balaban J connectivity index is 2.43. The minimum absolute atomic E-state index is 0.0301. The Morgan fingerprint density at radius 2 is 2.58 bits per heavy atom. The fourth-order valence-electron chi connectivity index (χ4n) is 1.14.